The minimum absolute atomic E-state index is 0. The summed E-state index contributed by atoms with van der Waals surface area (Å²) in [7, 11) is -9.89. The fourth-order valence-corrected chi connectivity index (χ4v) is 5.92. The van der Waals surface area contributed by atoms with Crippen molar-refractivity contribution in [1.82, 2.24) is 41.2 Å². The van der Waals surface area contributed by atoms with Crippen LogP contribution >= 0.6 is 0 Å². The Kier molecular flexibility index (Phi) is 34.5. The minimum Gasteiger partial charge on any atom is -0.412 e. The Labute approximate surface area is 463 Å². The third kappa shape index (κ3) is 27.7. The second-order valence-corrected chi connectivity index (χ2v) is 16.1. The number of unbranched alkanes of at least 4 members (excludes halogenated alkanes) is 4. The molecule has 0 aliphatic rings. The number of pyridine rings is 4. The Morgan fingerprint density at radius 1 is 0.411 bits per heavy atom. The van der Waals surface area contributed by atoms with Gasteiger partial charge in [-0.25, -0.2) is 57.2 Å². The molecule has 0 aliphatic carbocycles. The fourth-order valence-electron chi connectivity index (χ4n) is 5.92. The molecule has 400 valence electrons. The predicted molar refractivity (Wildman–Crippen MR) is 241 cm³/mol. The van der Waals surface area contributed by atoms with Crippen molar-refractivity contribution in [3.05, 3.63) is 111 Å². The summed E-state index contributed by atoms with van der Waals surface area (Å²) in [5.41, 5.74) is 3.94. The van der Waals surface area contributed by atoms with Crippen molar-refractivity contribution in [2.24, 2.45) is 0 Å². The molecule has 0 unspecified atom stereocenters. The normalized spacial score (nSPS) is 10.4. The summed E-state index contributed by atoms with van der Waals surface area (Å²) in [5, 5.41) is 29.8. The number of amides is 4. The van der Waals surface area contributed by atoms with Gasteiger partial charge in [0.25, 0.3) is 23.6 Å². The molecular weight excluding hydrogens is 1150 g/mol. The first kappa shape index (κ1) is 70.0. The van der Waals surface area contributed by atoms with Gasteiger partial charge in [-0.15, -0.1) is 20.5 Å². The van der Waals surface area contributed by atoms with E-state index in [-0.39, 0.29) is 84.0 Å². The van der Waals surface area contributed by atoms with Crippen LogP contribution in [0.2, 0.25) is 0 Å². The van der Waals surface area contributed by atoms with Gasteiger partial charge in [-0.1, -0.05) is 102 Å². The fraction of sp³-hybridized carbons (Fsp3) is 0.364. The second-order valence-electron chi connectivity index (χ2n) is 14.6. The van der Waals surface area contributed by atoms with Crippen molar-refractivity contribution in [2.45, 2.75) is 79.1 Å². The minimum atomic E-state index is -4.94. The first-order valence-electron chi connectivity index (χ1n) is 21.6. The van der Waals surface area contributed by atoms with Crippen LogP contribution in [0.5, 0.6) is 0 Å². The van der Waals surface area contributed by atoms with Crippen LogP contribution in [0.4, 0.5) is 0 Å². The van der Waals surface area contributed by atoms with Crippen LogP contribution in [-0.4, -0.2) is 85.8 Å². The van der Waals surface area contributed by atoms with Gasteiger partial charge < -0.3 is 47.5 Å². The summed E-state index contributed by atoms with van der Waals surface area (Å²) in [5.74, 6) is -0.775. The Morgan fingerprint density at radius 3 is 0.712 bits per heavy atom. The number of aromatic nitrogens is 4. The SMILES string of the molecule is CCCCNC(=O)c1ccc2ccc3ccc(C(=O)NCCCC)nc3c2n1.CCCCNC(=O)c1ccc2ccc3ccc(C(=O)NCCCC)nc3c2n1.O.O.O=[N+]([O-])[O-].[Eu+3].[O-][Cl+3]([O-])([O-])[O-].[O-][Cl+3]([O-])([O-])[O-]. The number of nitrogens with zero attached hydrogens (tertiary/aromatic N) is 5. The maximum atomic E-state index is 12.4. The van der Waals surface area contributed by atoms with Gasteiger partial charge in [-0.3, -0.25) is 19.2 Å². The number of carbonyl (C=O) groups is 4. The van der Waals surface area contributed by atoms with Gasteiger partial charge in [0.15, 0.2) is 0 Å². The Bertz CT molecular complexity index is 2330. The summed E-state index contributed by atoms with van der Waals surface area (Å²) in [6.45, 7) is 10.8. The van der Waals surface area contributed by atoms with Crippen LogP contribution in [0.1, 0.15) is 121 Å². The Balaban J connectivity index is 0. The molecule has 0 bridgehead atoms. The molecule has 4 aromatic heterocycles. The summed E-state index contributed by atoms with van der Waals surface area (Å²) in [4.78, 5) is 75.9. The van der Waals surface area contributed by atoms with Gasteiger partial charge in [0, 0.05) is 47.7 Å². The van der Waals surface area contributed by atoms with E-state index in [2.05, 4.69) is 68.9 Å². The largest absolute Gasteiger partial charge is 3.00 e. The molecule has 2 aromatic carbocycles. The number of hydrogen-bond donors (Lipinski definition) is 4. The maximum absolute atomic E-state index is 12.4. The van der Waals surface area contributed by atoms with Crippen LogP contribution in [0.3, 0.4) is 0 Å². The van der Waals surface area contributed by atoms with Crippen molar-refractivity contribution >= 4 is 67.2 Å². The van der Waals surface area contributed by atoms with Crippen LogP contribution in [0.25, 0.3) is 43.6 Å². The average molecular weight is 1210 g/mol. The zero-order valence-corrected chi connectivity index (χ0v) is 43.8. The van der Waals surface area contributed by atoms with Gasteiger partial charge in [0.05, 0.1) is 27.2 Å². The van der Waals surface area contributed by atoms with E-state index in [0.717, 1.165) is 72.9 Å². The number of halogens is 2. The van der Waals surface area contributed by atoms with Gasteiger partial charge >= 0.3 is 49.4 Å². The summed E-state index contributed by atoms with van der Waals surface area (Å²) < 4.78 is 67.9. The zero-order valence-electron chi connectivity index (χ0n) is 39.9. The van der Waals surface area contributed by atoms with E-state index in [1.807, 2.05) is 48.5 Å². The third-order valence-electron chi connectivity index (χ3n) is 9.23. The van der Waals surface area contributed by atoms with E-state index in [0.29, 0.717) is 71.0 Å². The van der Waals surface area contributed by atoms with Gasteiger partial charge in [0.1, 0.15) is 22.8 Å². The Hall–Kier alpha value is -5.08. The molecular formula is C44H56Cl2EuN9O17. The topological polar surface area (TPSA) is 482 Å². The standard InChI is InChI=1S/2C22H26N4O2.2ClHO4.Eu.NO3.2H2O/c2*1-3-5-13-23-21(27)17-11-9-15-7-8-16-10-12-18(22(28)24-14-6-4-2)26-20(16)19(15)25-17;2*2-1(3,4)5;;2-1(3)4;;/h2*7-12H,3-6,13-14H2,1-2H3,(H,23,27)(H,24,28);2*(H,2,3,4,5);;;2*1H2/q;;;;+3;-1;;/p-2. The molecule has 0 atom stereocenters. The van der Waals surface area contributed by atoms with Crippen molar-refractivity contribution in [2.75, 3.05) is 26.2 Å². The van der Waals surface area contributed by atoms with Crippen molar-refractivity contribution in [3.8, 4) is 0 Å². The number of rotatable bonds is 16. The second kappa shape index (κ2) is 36.0. The van der Waals surface area contributed by atoms with E-state index in [4.69, 9.17) is 52.6 Å². The monoisotopic (exact) mass is 1210 g/mol. The molecule has 8 N–H and O–H groups in total. The molecule has 0 saturated carbocycles. The molecule has 0 aliphatic heterocycles. The quantitative estimate of drug-likeness (QED) is 0.0313. The van der Waals surface area contributed by atoms with E-state index < -0.39 is 25.6 Å². The van der Waals surface area contributed by atoms with Crippen LogP contribution in [-0.2, 0) is 0 Å². The summed E-state index contributed by atoms with van der Waals surface area (Å²) in [6, 6.07) is 22.1. The average Bonchev–Trinajstić information content (AvgIpc) is 3.30. The molecule has 6 aromatic rings. The first-order valence-corrected chi connectivity index (χ1v) is 24.1. The molecule has 0 spiro atoms. The predicted octanol–water partition coefficient (Wildman–Crippen LogP) is -3.71. The molecule has 73 heavy (non-hydrogen) atoms. The summed E-state index contributed by atoms with van der Waals surface area (Å²) in [6.07, 6.45) is 7.79. The molecule has 29 heteroatoms. The number of fused-ring (bicyclic) bond motifs is 6. The van der Waals surface area contributed by atoms with Crippen molar-refractivity contribution in [1.29, 1.82) is 0 Å². The van der Waals surface area contributed by atoms with E-state index in [9.17, 15) is 19.2 Å². The number of hydrogen-bond acceptors (Lipinski definition) is 19. The smallest absolute Gasteiger partial charge is 0.412 e. The number of carbonyl (C=O) groups excluding carboxylic acids is 4. The molecule has 4 amide bonds. The maximum Gasteiger partial charge on any atom is 3.00 e. The molecule has 0 radical (unpaired) electrons. The van der Waals surface area contributed by atoms with Crippen molar-refractivity contribution in [3.63, 3.8) is 0 Å². The van der Waals surface area contributed by atoms with Gasteiger partial charge in [-0.05, 0) is 49.9 Å². The van der Waals surface area contributed by atoms with Crippen molar-refractivity contribution < 1.29 is 142 Å². The number of benzene rings is 2. The van der Waals surface area contributed by atoms with Crippen LogP contribution < -0.4 is 58.5 Å². The molecule has 6 rings (SSSR count). The van der Waals surface area contributed by atoms with E-state index in [1.165, 1.54) is 0 Å². The molecule has 4 heterocycles. The molecule has 26 nitrogen and oxygen atoms in total. The van der Waals surface area contributed by atoms with Crippen LogP contribution in [0, 0.1) is 85.2 Å². The van der Waals surface area contributed by atoms with Crippen LogP contribution in [0.15, 0.2) is 72.8 Å². The Morgan fingerprint density at radius 2 is 0.562 bits per heavy atom. The van der Waals surface area contributed by atoms with E-state index in [1.54, 1.807) is 24.3 Å². The molecule has 0 fully saturated rings. The number of nitrogens with one attached hydrogen (secondary N) is 4. The van der Waals surface area contributed by atoms with Gasteiger partial charge in [0.2, 0.25) is 0 Å². The molecule has 0 saturated heterocycles. The third-order valence-corrected chi connectivity index (χ3v) is 9.23. The summed E-state index contributed by atoms with van der Waals surface area (Å²) >= 11 is 0. The van der Waals surface area contributed by atoms with E-state index >= 15 is 0 Å². The first-order chi connectivity index (χ1) is 33.0. The zero-order chi connectivity index (χ0) is 52.4. The van der Waals surface area contributed by atoms with Gasteiger partial charge in [-0.2, -0.15) is 0 Å².